The molecule has 1 atom stereocenters. The summed E-state index contributed by atoms with van der Waals surface area (Å²) in [5.41, 5.74) is -1.09. The molecule has 0 radical (unpaired) electrons. The van der Waals surface area contributed by atoms with E-state index in [4.69, 9.17) is 14.2 Å². The fourth-order valence-electron chi connectivity index (χ4n) is 6.80. The van der Waals surface area contributed by atoms with Crippen LogP contribution in [0.2, 0.25) is 0 Å². The molecule has 15 nitrogen and oxygen atoms in total. The number of phenols is 1. The number of anilines is 3. The van der Waals surface area contributed by atoms with Crippen LogP contribution in [0.4, 0.5) is 27.5 Å². The van der Waals surface area contributed by atoms with E-state index in [1.54, 1.807) is 85.8 Å². The third-order valence-corrected chi connectivity index (χ3v) is 10.1. The van der Waals surface area contributed by atoms with Gasteiger partial charge in [-0.05, 0) is 49.7 Å². The lowest BCUT2D eigenvalue weighted by atomic mass is 9.92. The van der Waals surface area contributed by atoms with Gasteiger partial charge in [0.1, 0.15) is 29.3 Å². The Morgan fingerprint density at radius 1 is 0.898 bits per heavy atom. The van der Waals surface area contributed by atoms with Gasteiger partial charge in [-0.15, -0.1) is 0 Å². The summed E-state index contributed by atoms with van der Waals surface area (Å²) in [6.07, 6.45) is 3.75. The minimum atomic E-state index is -1.33. The summed E-state index contributed by atoms with van der Waals surface area (Å²) in [5.74, 6) is -1.68. The Morgan fingerprint density at radius 3 is 2.31 bits per heavy atom. The lowest BCUT2D eigenvalue weighted by Gasteiger charge is -2.31. The third-order valence-electron chi connectivity index (χ3n) is 10.1. The number of ether oxygens (including phenoxy) is 3. The van der Waals surface area contributed by atoms with Crippen molar-refractivity contribution in [2.45, 2.75) is 46.0 Å². The van der Waals surface area contributed by atoms with Crippen molar-refractivity contribution in [2.75, 3.05) is 42.5 Å². The zero-order chi connectivity index (χ0) is 42.3. The number of nitrogens with one attached hydrogen (secondary N) is 1. The predicted molar refractivity (Wildman–Crippen MR) is 222 cm³/mol. The lowest BCUT2D eigenvalue weighted by molar-refractivity contribution is -0.384. The van der Waals surface area contributed by atoms with Crippen molar-refractivity contribution in [1.29, 1.82) is 0 Å². The number of para-hydroxylation sites is 3. The van der Waals surface area contributed by atoms with E-state index in [0.29, 0.717) is 28.9 Å². The van der Waals surface area contributed by atoms with Crippen molar-refractivity contribution in [3.05, 3.63) is 119 Å². The van der Waals surface area contributed by atoms with E-state index in [2.05, 4.69) is 12.2 Å². The molecule has 0 bridgehead atoms. The smallest absolute Gasteiger partial charge is 0.350 e. The van der Waals surface area contributed by atoms with Gasteiger partial charge >= 0.3 is 12.0 Å². The molecule has 0 spiro atoms. The molecule has 15 heteroatoms. The maximum Gasteiger partial charge on any atom is 0.350 e. The zero-order valence-corrected chi connectivity index (χ0v) is 33.2. The minimum Gasteiger partial charge on any atom is -0.506 e. The number of fused-ring (bicyclic) bond motifs is 1. The Balaban J connectivity index is 1.35. The molecule has 306 valence electrons. The molecule has 5 aromatic rings. The second-order valence-electron chi connectivity index (χ2n) is 14.4. The molecule has 2 N–H and O–H groups in total. The fourth-order valence-corrected chi connectivity index (χ4v) is 6.80. The summed E-state index contributed by atoms with van der Waals surface area (Å²) >= 11 is 0. The number of nitro groups is 1. The fraction of sp³-hybridized carbons (Fsp3) is 0.273. The summed E-state index contributed by atoms with van der Waals surface area (Å²) in [5, 5.41) is 29.2. The molecule has 1 unspecified atom stereocenters. The number of unbranched alkanes of at least 4 members (excludes halogenated alkanes) is 3. The van der Waals surface area contributed by atoms with Gasteiger partial charge in [0.15, 0.2) is 5.75 Å². The van der Waals surface area contributed by atoms with Crippen molar-refractivity contribution in [3.63, 3.8) is 0 Å². The number of benzene rings is 5. The Bertz CT molecular complexity index is 2390. The van der Waals surface area contributed by atoms with Crippen LogP contribution in [0.5, 0.6) is 23.0 Å². The highest BCUT2D eigenvalue weighted by molar-refractivity contribution is 6.12. The first-order chi connectivity index (χ1) is 28.4. The molecule has 5 aromatic carbocycles. The Labute approximate surface area is 340 Å². The van der Waals surface area contributed by atoms with E-state index in [1.807, 2.05) is 0 Å². The first kappa shape index (κ1) is 41.5. The molecule has 1 heterocycles. The highest BCUT2D eigenvalue weighted by Crippen LogP contribution is 2.43. The van der Waals surface area contributed by atoms with Crippen LogP contribution in [0.25, 0.3) is 10.8 Å². The van der Waals surface area contributed by atoms with E-state index in [-0.39, 0.29) is 59.1 Å². The number of rotatable bonds is 15. The van der Waals surface area contributed by atoms with Crippen molar-refractivity contribution >= 4 is 57.3 Å². The van der Waals surface area contributed by atoms with Gasteiger partial charge in [-0.2, -0.15) is 5.01 Å². The minimum absolute atomic E-state index is 0.0178. The molecular formula is C44H45N5O10. The Morgan fingerprint density at radius 2 is 1.59 bits per heavy atom. The number of urea groups is 1. The van der Waals surface area contributed by atoms with Crippen LogP contribution in [0, 0.1) is 15.5 Å². The maximum atomic E-state index is 14.6. The number of carbonyl (C=O) groups is 4. The van der Waals surface area contributed by atoms with Gasteiger partial charge in [-0.1, -0.05) is 80.8 Å². The molecule has 0 aliphatic carbocycles. The SMILES string of the molecule is CCCCCCC(=O)OCC1(C)CN(c2ccccc2)N(C(=O)N(C)c2cc([N+](=O)[O-])ccc2Oc2cc(C(=O)Nc3ccccc3OC)c(O)c3ccccc23)C1=O. The number of carbonyl (C=O) groups excluding carboxylic acids is 4. The topological polar surface area (TPSA) is 181 Å². The van der Waals surface area contributed by atoms with Crippen molar-refractivity contribution < 1.29 is 43.4 Å². The summed E-state index contributed by atoms with van der Waals surface area (Å²) in [4.78, 5) is 67.8. The summed E-state index contributed by atoms with van der Waals surface area (Å²) in [7, 11) is 2.80. The van der Waals surface area contributed by atoms with Gasteiger partial charge in [-0.3, -0.25) is 34.4 Å². The van der Waals surface area contributed by atoms with Gasteiger partial charge < -0.3 is 24.6 Å². The number of imide groups is 1. The molecule has 59 heavy (non-hydrogen) atoms. The predicted octanol–water partition coefficient (Wildman–Crippen LogP) is 8.85. The van der Waals surface area contributed by atoms with Gasteiger partial charge in [-0.25, -0.2) is 4.79 Å². The van der Waals surface area contributed by atoms with Crippen molar-refractivity contribution in [2.24, 2.45) is 5.41 Å². The molecule has 0 aromatic heterocycles. The summed E-state index contributed by atoms with van der Waals surface area (Å²) in [6, 6.07) is 26.2. The van der Waals surface area contributed by atoms with Gasteiger partial charge in [0.05, 0.1) is 41.2 Å². The number of esters is 1. The van der Waals surface area contributed by atoms with Gasteiger partial charge in [0.2, 0.25) is 0 Å². The molecule has 4 amide bonds. The highest BCUT2D eigenvalue weighted by Gasteiger charge is 2.52. The first-order valence-corrected chi connectivity index (χ1v) is 19.1. The Kier molecular flexibility index (Phi) is 12.6. The van der Waals surface area contributed by atoms with E-state index < -0.39 is 34.2 Å². The molecular weight excluding hydrogens is 759 g/mol. The number of hydrogen-bond acceptors (Lipinski definition) is 11. The second-order valence-corrected chi connectivity index (χ2v) is 14.4. The van der Waals surface area contributed by atoms with E-state index >= 15 is 0 Å². The number of amides is 4. The standard InChI is InChI=1S/C44H45N5O10/c1-5-6-7-11-22-39(50)58-28-44(2)27-47(29-16-9-8-10-17-29)48(42(44)53)43(54)46(3)35-25-30(49(55)56)23-24-37(35)59-38-26-33(40(51)32-19-13-12-18-31(32)38)41(52)45-34-20-14-15-21-36(34)57-4/h8-10,12-21,23-26,51H,5-7,11,22,27-28H2,1-4H3,(H,45,52). The molecule has 1 saturated heterocycles. The number of methoxy groups -OCH3 is 1. The van der Waals surface area contributed by atoms with Crippen molar-refractivity contribution in [1.82, 2.24) is 5.01 Å². The maximum absolute atomic E-state index is 14.6. The van der Waals surface area contributed by atoms with Crippen molar-refractivity contribution in [3.8, 4) is 23.0 Å². The largest absolute Gasteiger partial charge is 0.506 e. The molecule has 0 saturated carbocycles. The number of phenolic OH excluding ortho intramolecular Hbond substituents is 1. The number of nitro benzene ring substituents is 1. The summed E-state index contributed by atoms with van der Waals surface area (Å²) < 4.78 is 17.4. The van der Waals surface area contributed by atoms with Crippen LogP contribution in [-0.2, 0) is 14.3 Å². The average Bonchev–Trinajstić information content (AvgIpc) is 3.52. The van der Waals surface area contributed by atoms with Crippen LogP contribution in [0.1, 0.15) is 56.3 Å². The quantitative estimate of drug-likeness (QED) is 0.0447. The molecule has 6 rings (SSSR count). The number of nitrogens with zero attached hydrogens (tertiary/aromatic N) is 4. The van der Waals surface area contributed by atoms with Crippen LogP contribution in [0.3, 0.4) is 0 Å². The van der Waals surface area contributed by atoms with Crippen LogP contribution in [-0.4, -0.2) is 66.2 Å². The number of hydrogen-bond donors (Lipinski definition) is 2. The zero-order valence-electron chi connectivity index (χ0n) is 33.2. The third kappa shape index (κ3) is 8.88. The van der Waals surface area contributed by atoms with Crippen LogP contribution < -0.4 is 24.7 Å². The van der Waals surface area contributed by atoms with Gasteiger partial charge in [0.25, 0.3) is 17.5 Å². The monoisotopic (exact) mass is 803 g/mol. The van der Waals surface area contributed by atoms with E-state index in [1.165, 1.54) is 37.4 Å². The van der Waals surface area contributed by atoms with Crippen LogP contribution in [0.15, 0.2) is 103 Å². The number of aromatic hydroxyl groups is 1. The second kappa shape index (κ2) is 18.0. The first-order valence-electron chi connectivity index (χ1n) is 19.1. The molecule has 1 fully saturated rings. The normalized spacial score (nSPS) is 14.9. The Hall–Kier alpha value is -7.16. The van der Waals surface area contributed by atoms with E-state index in [9.17, 15) is 34.4 Å². The van der Waals surface area contributed by atoms with E-state index in [0.717, 1.165) is 35.2 Å². The average molecular weight is 804 g/mol. The number of non-ortho nitro benzene ring substituents is 1. The lowest BCUT2D eigenvalue weighted by Crippen LogP contribution is -2.50. The highest BCUT2D eigenvalue weighted by atomic mass is 16.6. The summed E-state index contributed by atoms with van der Waals surface area (Å²) in [6.45, 7) is 3.39. The molecule has 1 aliphatic rings. The number of hydrazine groups is 1. The van der Waals surface area contributed by atoms with Gasteiger partial charge in [0, 0.05) is 36.4 Å². The molecule has 1 aliphatic heterocycles. The van der Waals surface area contributed by atoms with Crippen LogP contribution >= 0.6 is 0 Å².